The van der Waals surface area contributed by atoms with Crippen molar-refractivity contribution in [3.63, 3.8) is 0 Å². The van der Waals surface area contributed by atoms with Crippen molar-refractivity contribution >= 4 is 12.2 Å². The number of anilines is 1. The minimum atomic E-state index is -0.199. The van der Waals surface area contributed by atoms with E-state index in [4.69, 9.17) is 0 Å². The highest BCUT2D eigenvalue weighted by molar-refractivity contribution is 5.79. The van der Waals surface area contributed by atoms with Gasteiger partial charge in [0.05, 0.1) is 6.21 Å². The van der Waals surface area contributed by atoms with Crippen LogP contribution in [0.2, 0.25) is 0 Å². The minimum Gasteiger partial charge on any atom is -0.291 e. The van der Waals surface area contributed by atoms with Crippen LogP contribution in [0.15, 0.2) is 40.2 Å². The predicted molar refractivity (Wildman–Crippen MR) is 72.0 cm³/mol. The molecule has 0 fully saturated rings. The highest BCUT2D eigenvalue weighted by Gasteiger charge is 1.95. The number of benzene rings is 1. The van der Waals surface area contributed by atoms with Crippen molar-refractivity contribution in [2.24, 2.45) is 5.10 Å². The van der Waals surface area contributed by atoms with Crippen LogP contribution in [0.1, 0.15) is 16.8 Å². The van der Waals surface area contributed by atoms with Gasteiger partial charge in [-0.1, -0.05) is 29.8 Å². The van der Waals surface area contributed by atoms with Crippen LogP contribution in [-0.2, 0) is 0 Å². The molecule has 18 heavy (non-hydrogen) atoms. The molecule has 1 heterocycles. The topological polar surface area (TPSA) is 70.1 Å². The zero-order chi connectivity index (χ0) is 13.0. The summed E-state index contributed by atoms with van der Waals surface area (Å²) in [7, 11) is 0. The van der Waals surface area contributed by atoms with E-state index in [9.17, 15) is 4.79 Å². The number of nitrogens with zero attached hydrogens (tertiary/aromatic N) is 2. The normalized spacial score (nSPS) is 10.8. The van der Waals surface area contributed by atoms with Gasteiger partial charge in [0.25, 0.3) is 5.56 Å². The summed E-state index contributed by atoms with van der Waals surface area (Å²) in [5.41, 5.74) is 5.31. The predicted octanol–water partition coefficient (Wildman–Crippen LogP) is 1.83. The van der Waals surface area contributed by atoms with E-state index in [2.05, 4.69) is 20.5 Å². The average molecular weight is 242 g/mol. The average Bonchev–Trinajstić information content (AvgIpc) is 2.30. The Morgan fingerprint density at radius 1 is 1.28 bits per heavy atom. The van der Waals surface area contributed by atoms with Gasteiger partial charge in [-0.2, -0.15) is 5.10 Å². The molecule has 2 N–H and O–H groups in total. The Hall–Kier alpha value is -2.43. The largest absolute Gasteiger partial charge is 0.291 e. The Balaban J connectivity index is 2.07. The molecule has 0 unspecified atom stereocenters. The van der Waals surface area contributed by atoms with Crippen LogP contribution >= 0.6 is 0 Å². The number of aryl methyl sites for hydroxylation is 2. The Bertz CT molecular complexity index is 614. The Morgan fingerprint density at radius 2 is 2.00 bits per heavy atom. The first kappa shape index (κ1) is 12.0. The lowest BCUT2D eigenvalue weighted by molar-refractivity contribution is 1.04. The maximum absolute atomic E-state index is 11.2. The number of aromatic nitrogens is 2. The molecular formula is C13H14N4O. The maximum Gasteiger partial charge on any atom is 0.252 e. The molecule has 0 aliphatic rings. The van der Waals surface area contributed by atoms with Crippen LogP contribution in [0.5, 0.6) is 0 Å². The van der Waals surface area contributed by atoms with Gasteiger partial charge in [-0.15, -0.1) is 0 Å². The Labute approximate surface area is 105 Å². The van der Waals surface area contributed by atoms with Crippen molar-refractivity contribution in [1.29, 1.82) is 0 Å². The second-order valence-electron chi connectivity index (χ2n) is 4.02. The van der Waals surface area contributed by atoms with E-state index in [0.717, 1.165) is 5.56 Å². The first-order chi connectivity index (χ1) is 8.63. The molecule has 0 aliphatic heterocycles. The molecule has 0 bridgehead atoms. The molecule has 0 atom stereocenters. The Kier molecular flexibility index (Phi) is 3.52. The highest BCUT2D eigenvalue weighted by atomic mass is 16.1. The Morgan fingerprint density at radius 3 is 2.67 bits per heavy atom. The molecule has 0 radical (unpaired) electrons. The first-order valence-corrected chi connectivity index (χ1v) is 5.57. The van der Waals surface area contributed by atoms with Crippen LogP contribution in [0, 0.1) is 13.8 Å². The third-order valence-electron chi connectivity index (χ3n) is 2.33. The maximum atomic E-state index is 11.2. The zero-order valence-electron chi connectivity index (χ0n) is 10.3. The van der Waals surface area contributed by atoms with Gasteiger partial charge in [-0.05, 0) is 19.4 Å². The fourth-order valence-corrected chi connectivity index (χ4v) is 1.45. The van der Waals surface area contributed by atoms with E-state index in [1.165, 1.54) is 11.6 Å². The van der Waals surface area contributed by atoms with E-state index < -0.39 is 0 Å². The molecule has 5 nitrogen and oxygen atoms in total. The second-order valence-corrected chi connectivity index (χ2v) is 4.02. The number of rotatable bonds is 3. The summed E-state index contributed by atoms with van der Waals surface area (Å²) in [5, 5.41) is 4.02. The van der Waals surface area contributed by atoms with Gasteiger partial charge >= 0.3 is 0 Å². The molecular weight excluding hydrogens is 228 g/mol. The summed E-state index contributed by atoms with van der Waals surface area (Å²) in [4.78, 5) is 17.8. The third-order valence-corrected chi connectivity index (χ3v) is 2.33. The molecule has 0 aliphatic carbocycles. The van der Waals surface area contributed by atoms with Crippen LogP contribution in [0.25, 0.3) is 0 Å². The quantitative estimate of drug-likeness (QED) is 0.637. The highest BCUT2D eigenvalue weighted by Crippen LogP contribution is 2.01. The molecule has 5 heteroatoms. The van der Waals surface area contributed by atoms with Crippen molar-refractivity contribution in [2.75, 3.05) is 5.43 Å². The summed E-state index contributed by atoms with van der Waals surface area (Å²) in [6.07, 6.45) is 1.67. The van der Waals surface area contributed by atoms with Gasteiger partial charge in [-0.3, -0.25) is 9.78 Å². The van der Waals surface area contributed by atoms with Crippen molar-refractivity contribution < 1.29 is 0 Å². The fraction of sp³-hybridized carbons (Fsp3) is 0.154. The first-order valence-electron chi connectivity index (χ1n) is 5.57. The van der Waals surface area contributed by atoms with Crippen molar-refractivity contribution in [2.45, 2.75) is 13.8 Å². The smallest absolute Gasteiger partial charge is 0.252 e. The van der Waals surface area contributed by atoms with Gasteiger partial charge in [0.15, 0.2) is 0 Å². The van der Waals surface area contributed by atoms with Crippen LogP contribution in [-0.4, -0.2) is 16.2 Å². The number of nitrogens with one attached hydrogen (secondary N) is 2. The van der Waals surface area contributed by atoms with Crippen molar-refractivity contribution in [3.8, 4) is 0 Å². The van der Waals surface area contributed by atoms with Crippen molar-refractivity contribution in [3.05, 3.63) is 57.5 Å². The van der Waals surface area contributed by atoms with Crippen LogP contribution in [0.4, 0.5) is 5.95 Å². The van der Waals surface area contributed by atoms with Gasteiger partial charge in [-0.25, -0.2) is 10.4 Å². The molecule has 0 saturated heterocycles. The summed E-state index contributed by atoms with van der Waals surface area (Å²) in [5.74, 6) is 0.336. The number of hydrogen-bond donors (Lipinski definition) is 2. The fourth-order valence-electron chi connectivity index (χ4n) is 1.45. The van der Waals surface area contributed by atoms with E-state index in [1.54, 1.807) is 13.1 Å². The summed E-state index contributed by atoms with van der Waals surface area (Å²) < 4.78 is 0. The molecule has 2 aromatic rings. The minimum absolute atomic E-state index is 0.199. The second kappa shape index (κ2) is 5.27. The van der Waals surface area contributed by atoms with Crippen LogP contribution in [0.3, 0.4) is 0 Å². The molecule has 1 aromatic heterocycles. The molecule has 0 saturated carbocycles. The number of hydrazone groups is 1. The van der Waals surface area contributed by atoms with Gasteiger partial charge < -0.3 is 0 Å². The van der Waals surface area contributed by atoms with Crippen LogP contribution < -0.4 is 11.0 Å². The summed E-state index contributed by atoms with van der Waals surface area (Å²) in [6.45, 7) is 3.78. The van der Waals surface area contributed by atoms with E-state index in [1.807, 2.05) is 31.2 Å². The SMILES string of the molecule is Cc1ccc(C=NNc2nc(C)cc(=O)[nH]2)cc1. The van der Waals surface area contributed by atoms with E-state index >= 15 is 0 Å². The van der Waals surface area contributed by atoms with E-state index in [0.29, 0.717) is 11.6 Å². The lowest BCUT2D eigenvalue weighted by Crippen LogP contribution is -2.10. The van der Waals surface area contributed by atoms with Gasteiger partial charge in [0.2, 0.25) is 5.95 Å². The van der Waals surface area contributed by atoms with Crippen molar-refractivity contribution in [1.82, 2.24) is 9.97 Å². The molecule has 92 valence electrons. The monoisotopic (exact) mass is 242 g/mol. The molecule has 0 spiro atoms. The summed E-state index contributed by atoms with van der Waals surface area (Å²) >= 11 is 0. The zero-order valence-corrected chi connectivity index (χ0v) is 10.3. The number of hydrogen-bond acceptors (Lipinski definition) is 4. The van der Waals surface area contributed by atoms with Gasteiger partial charge in [0, 0.05) is 11.8 Å². The number of aromatic amines is 1. The number of H-pyrrole nitrogens is 1. The lowest BCUT2D eigenvalue weighted by atomic mass is 10.2. The standard InChI is InChI=1S/C13H14N4O/c1-9-3-5-11(6-4-9)8-14-17-13-15-10(2)7-12(18)16-13/h3-8H,1-2H3,(H2,15,16,17,18). The third kappa shape index (κ3) is 3.28. The molecule has 1 aromatic carbocycles. The van der Waals surface area contributed by atoms with E-state index in [-0.39, 0.29) is 5.56 Å². The lowest BCUT2D eigenvalue weighted by Gasteiger charge is -1.99. The summed E-state index contributed by atoms with van der Waals surface area (Å²) in [6, 6.07) is 9.37. The molecule has 0 amide bonds. The van der Waals surface area contributed by atoms with Gasteiger partial charge in [0.1, 0.15) is 0 Å². The molecule has 2 rings (SSSR count).